The van der Waals surface area contributed by atoms with Gasteiger partial charge < -0.3 is 11.1 Å². The molecule has 1 aliphatic rings. The van der Waals surface area contributed by atoms with Crippen LogP contribution in [0, 0.1) is 5.82 Å². The smallest absolute Gasteiger partial charge is 0.146 e. The minimum Gasteiger partial charge on any atom is -0.382 e. The maximum absolute atomic E-state index is 13.6. The van der Waals surface area contributed by atoms with Crippen LogP contribution in [0.25, 0.3) is 0 Å². The standard InChI is InChI=1S/C12H17FN2/c13-11-5-1-4-10-9(6-7-14)3-2-8-15-12(10)11/h1,4-5,9,15H,2-3,6-8,14H2. The van der Waals surface area contributed by atoms with Crippen molar-refractivity contribution in [3.05, 3.63) is 29.6 Å². The van der Waals surface area contributed by atoms with Gasteiger partial charge >= 0.3 is 0 Å². The van der Waals surface area contributed by atoms with Gasteiger partial charge in [-0.3, -0.25) is 0 Å². The van der Waals surface area contributed by atoms with Crippen molar-refractivity contribution in [1.29, 1.82) is 0 Å². The van der Waals surface area contributed by atoms with E-state index < -0.39 is 0 Å². The Morgan fingerprint density at radius 3 is 3.13 bits per heavy atom. The molecule has 15 heavy (non-hydrogen) atoms. The van der Waals surface area contributed by atoms with Gasteiger partial charge in [-0.15, -0.1) is 0 Å². The highest BCUT2D eigenvalue weighted by Gasteiger charge is 2.19. The summed E-state index contributed by atoms with van der Waals surface area (Å²) in [6.07, 6.45) is 3.12. The normalized spacial score (nSPS) is 20.3. The lowest BCUT2D eigenvalue weighted by Crippen LogP contribution is -2.07. The van der Waals surface area contributed by atoms with E-state index in [1.54, 1.807) is 6.07 Å². The predicted octanol–water partition coefficient (Wildman–Crippen LogP) is 2.46. The Labute approximate surface area is 89.7 Å². The number of benzene rings is 1. The van der Waals surface area contributed by atoms with Gasteiger partial charge in [0.2, 0.25) is 0 Å². The van der Waals surface area contributed by atoms with Crippen LogP contribution in [0.4, 0.5) is 10.1 Å². The van der Waals surface area contributed by atoms with E-state index in [0.29, 0.717) is 18.2 Å². The van der Waals surface area contributed by atoms with Crippen LogP contribution in [0.2, 0.25) is 0 Å². The largest absolute Gasteiger partial charge is 0.382 e. The van der Waals surface area contributed by atoms with E-state index in [9.17, 15) is 4.39 Å². The molecule has 1 atom stereocenters. The van der Waals surface area contributed by atoms with Crippen LogP contribution in [-0.4, -0.2) is 13.1 Å². The lowest BCUT2D eigenvalue weighted by atomic mass is 9.91. The van der Waals surface area contributed by atoms with Crippen LogP contribution < -0.4 is 11.1 Å². The molecule has 0 bridgehead atoms. The van der Waals surface area contributed by atoms with Crippen molar-refractivity contribution in [3.8, 4) is 0 Å². The summed E-state index contributed by atoms with van der Waals surface area (Å²) in [6, 6.07) is 5.30. The van der Waals surface area contributed by atoms with Gasteiger partial charge in [-0.25, -0.2) is 4.39 Å². The molecule has 1 heterocycles. The molecular weight excluding hydrogens is 191 g/mol. The van der Waals surface area contributed by atoms with Gasteiger partial charge in [-0.2, -0.15) is 0 Å². The Balaban J connectivity index is 2.36. The van der Waals surface area contributed by atoms with Crippen molar-refractivity contribution in [2.75, 3.05) is 18.4 Å². The topological polar surface area (TPSA) is 38.0 Å². The Morgan fingerprint density at radius 1 is 1.47 bits per heavy atom. The quantitative estimate of drug-likeness (QED) is 0.783. The van der Waals surface area contributed by atoms with Crippen molar-refractivity contribution < 1.29 is 4.39 Å². The van der Waals surface area contributed by atoms with Crippen LogP contribution in [0.1, 0.15) is 30.7 Å². The number of hydrogen-bond acceptors (Lipinski definition) is 2. The fraction of sp³-hybridized carbons (Fsp3) is 0.500. The second kappa shape index (κ2) is 4.62. The number of fused-ring (bicyclic) bond motifs is 1. The van der Waals surface area contributed by atoms with Crippen LogP contribution in [0.5, 0.6) is 0 Å². The highest BCUT2D eigenvalue weighted by atomic mass is 19.1. The molecule has 2 rings (SSSR count). The number of anilines is 1. The average Bonchev–Trinajstić information content (AvgIpc) is 2.43. The fourth-order valence-corrected chi connectivity index (χ4v) is 2.29. The number of nitrogens with one attached hydrogen (secondary N) is 1. The van der Waals surface area contributed by atoms with E-state index in [4.69, 9.17) is 5.73 Å². The van der Waals surface area contributed by atoms with Gasteiger partial charge in [0, 0.05) is 6.54 Å². The molecular formula is C12H17FN2. The predicted molar refractivity (Wildman–Crippen MR) is 60.5 cm³/mol. The summed E-state index contributed by atoms with van der Waals surface area (Å²) in [5.74, 6) is 0.270. The average molecular weight is 208 g/mol. The van der Waals surface area contributed by atoms with Gasteiger partial charge in [0.15, 0.2) is 0 Å². The van der Waals surface area contributed by atoms with Crippen LogP contribution in [0.3, 0.4) is 0 Å². The molecule has 0 aromatic heterocycles. The lowest BCUT2D eigenvalue weighted by Gasteiger charge is -2.16. The lowest BCUT2D eigenvalue weighted by molar-refractivity contribution is 0.576. The van der Waals surface area contributed by atoms with E-state index in [-0.39, 0.29) is 5.82 Å². The zero-order chi connectivity index (χ0) is 10.7. The highest BCUT2D eigenvalue weighted by molar-refractivity contribution is 5.54. The van der Waals surface area contributed by atoms with Gasteiger partial charge in [0.05, 0.1) is 5.69 Å². The Bertz CT molecular complexity index is 338. The maximum Gasteiger partial charge on any atom is 0.146 e. The first-order valence-corrected chi connectivity index (χ1v) is 5.55. The molecule has 1 aliphatic heterocycles. The summed E-state index contributed by atoms with van der Waals surface area (Å²) < 4.78 is 13.6. The second-order valence-corrected chi connectivity index (χ2v) is 4.05. The zero-order valence-electron chi connectivity index (χ0n) is 8.80. The number of halogens is 1. The summed E-state index contributed by atoms with van der Waals surface area (Å²) >= 11 is 0. The Morgan fingerprint density at radius 2 is 2.33 bits per heavy atom. The van der Waals surface area contributed by atoms with E-state index in [1.165, 1.54) is 6.07 Å². The molecule has 0 amide bonds. The van der Waals surface area contributed by atoms with E-state index in [2.05, 4.69) is 5.32 Å². The second-order valence-electron chi connectivity index (χ2n) is 4.05. The molecule has 0 saturated carbocycles. The van der Waals surface area contributed by atoms with Crippen LogP contribution in [0.15, 0.2) is 18.2 Å². The number of rotatable bonds is 2. The third kappa shape index (κ3) is 2.12. The zero-order valence-corrected chi connectivity index (χ0v) is 8.80. The summed E-state index contributed by atoms with van der Waals surface area (Å²) in [4.78, 5) is 0. The SMILES string of the molecule is NCCC1CCCNc2c(F)cccc21. The summed E-state index contributed by atoms with van der Waals surface area (Å²) in [5.41, 5.74) is 7.38. The number of para-hydroxylation sites is 1. The third-order valence-corrected chi connectivity index (χ3v) is 3.03. The molecule has 0 aliphatic carbocycles. The van der Waals surface area contributed by atoms with E-state index in [1.807, 2.05) is 6.07 Å². The molecule has 2 nitrogen and oxygen atoms in total. The van der Waals surface area contributed by atoms with Crippen LogP contribution in [-0.2, 0) is 0 Å². The van der Waals surface area contributed by atoms with Crippen molar-refractivity contribution in [1.82, 2.24) is 0 Å². The van der Waals surface area contributed by atoms with E-state index in [0.717, 1.165) is 31.4 Å². The molecule has 3 heteroatoms. The Hall–Kier alpha value is -1.09. The molecule has 1 unspecified atom stereocenters. The van der Waals surface area contributed by atoms with Crippen molar-refractivity contribution in [3.63, 3.8) is 0 Å². The minimum atomic E-state index is -0.142. The van der Waals surface area contributed by atoms with Gasteiger partial charge in [0.25, 0.3) is 0 Å². The first-order chi connectivity index (χ1) is 7.33. The third-order valence-electron chi connectivity index (χ3n) is 3.03. The molecule has 1 aromatic carbocycles. The molecule has 3 N–H and O–H groups in total. The van der Waals surface area contributed by atoms with Crippen molar-refractivity contribution in [2.24, 2.45) is 5.73 Å². The maximum atomic E-state index is 13.6. The fourth-order valence-electron chi connectivity index (χ4n) is 2.29. The molecule has 0 saturated heterocycles. The first kappa shape index (κ1) is 10.4. The van der Waals surface area contributed by atoms with Crippen molar-refractivity contribution >= 4 is 5.69 Å². The molecule has 0 radical (unpaired) electrons. The molecule has 82 valence electrons. The van der Waals surface area contributed by atoms with E-state index >= 15 is 0 Å². The minimum absolute atomic E-state index is 0.142. The highest BCUT2D eigenvalue weighted by Crippen LogP contribution is 2.34. The Kier molecular flexibility index (Phi) is 3.21. The molecule has 0 spiro atoms. The summed E-state index contributed by atoms with van der Waals surface area (Å²) in [6.45, 7) is 1.52. The monoisotopic (exact) mass is 208 g/mol. The molecule has 0 fully saturated rings. The number of hydrogen-bond donors (Lipinski definition) is 2. The summed E-state index contributed by atoms with van der Waals surface area (Å²) in [5, 5.41) is 3.17. The van der Waals surface area contributed by atoms with Crippen molar-refractivity contribution in [2.45, 2.75) is 25.2 Å². The van der Waals surface area contributed by atoms with Gasteiger partial charge in [0.1, 0.15) is 5.82 Å². The number of nitrogens with two attached hydrogens (primary N) is 1. The summed E-state index contributed by atoms with van der Waals surface area (Å²) in [7, 11) is 0. The molecule has 1 aromatic rings. The first-order valence-electron chi connectivity index (χ1n) is 5.55. The van der Waals surface area contributed by atoms with Gasteiger partial charge in [-0.05, 0) is 43.4 Å². The van der Waals surface area contributed by atoms with Gasteiger partial charge in [-0.1, -0.05) is 12.1 Å². The van der Waals surface area contributed by atoms with Crippen LogP contribution >= 0.6 is 0 Å².